The molecular formula is C15H18F2N2O. The molecule has 0 radical (unpaired) electrons. The molecule has 1 fully saturated rings. The van der Waals surface area contributed by atoms with E-state index in [1.54, 1.807) is 0 Å². The summed E-state index contributed by atoms with van der Waals surface area (Å²) in [7, 11) is 0. The van der Waals surface area contributed by atoms with E-state index in [1.807, 2.05) is 6.92 Å². The van der Waals surface area contributed by atoms with Gasteiger partial charge in [-0.3, -0.25) is 0 Å². The van der Waals surface area contributed by atoms with Crippen LogP contribution >= 0.6 is 0 Å². The predicted octanol–water partition coefficient (Wildman–Crippen LogP) is 2.68. The summed E-state index contributed by atoms with van der Waals surface area (Å²) in [5, 5.41) is 4.06. The Kier molecular flexibility index (Phi) is 3.72. The summed E-state index contributed by atoms with van der Waals surface area (Å²) < 4.78 is 32.4. The molecule has 1 aliphatic heterocycles. The Hall–Kier alpha value is -1.46. The molecule has 1 aromatic heterocycles. The molecule has 3 rings (SSSR count). The van der Waals surface area contributed by atoms with Crippen LogP contribution in [0.5, 0.6) is 0 Å². The second-order valence-corrected chi connectivity index (χ2v) is 5.30. The van der Waals surface area contributed by atoms with E-state index < -0.39 is 11.6 Å². The standard InChI is InChI=1S/C15H18F2N2O/c1-9-12(2-4-18-11-3-5-20-8-11)13-6-10(16)7-14(17)15(13)19-9/h6-7,11,18-19H,2-5,8H2,1H3. The van der Waals surface area contributed by atoms with Crippen molar-refractivity contribution in [2.45, 2.75) is 25.8 Å². The van der Waals surface area contributed by atoms with Crippen LogP contribution in [0.4, 0.5) is 8.78 Å². The summed E-state index contributed by atoms with van der Waals surface area (Å²) in [6.45, 7) is 4.22. The maximum absolute atomic E-state index is 13.7. The van der Waals surface area contributed by atoms with Crippen LogP contribution in [0.3, 0.4) is 0 Å². The quantitative estimate of drug-likeness (QED) is 0.903. The summed E-state index contributed by atoms with van der Waals surface area (Å²) in [6.07, 6.45) is 1.77. The minimum absolute atomic E-state index is 0.392. The van der Waals surface area contributed by atoms with E-state index in [1.165, 1.54) is 6.07 Å². The zero-order valence-electron chi connectivity index (χ0n) is 11.4. The van der Waals surface area contributed by atoms with Crippen LogP contribution in [-0.4, -0.2) is 30.8 Å². The summed E-state index contributed by atoms with van der Waals surface area (Å²) in [5.41, 5.74) is 2.27. The molecule has 2 N–H and O–H groups in total. The van der Waals surface area contributed by atoms with Gasteiger partial charge in [-0.2, -0.15) is 0 Å². The third-order valence-electron chi connectivity index (χ3n) is 3.88. The lowest BCUT2D eigenvalue weighted by atomic mass is 10.1. The third-order valence-corrected chi connectivity index (χ3v) is 3.88. The van der Waals surface area contributed by atoms with Crippen LogP contribution in [0.1, 0.15) is 17.7 Å². The lowest BCUT2D eigenvalue weighted by Crippen LogP contribution is -2.31. The Morgan fingerprint density at radius 3 is 3.00 bits per heavy atom. The topological polar surface area (TPSA) is 37.0 Å². The SMILES string of the molecule is Cc1[nH]c2c(F)cc(F)cc2c1CCNC1CCOC1. The van der Waals surface area contributed by atoms with Gasteiger partial charge < -0.3 is 15.0 Å². The molecule has 0 spiro atoms. The zero-order valence-corrected chi connectivity index (χ0v) is 11.4. The molecule has 20 heavy (non-hydrogen) atoms. The number of aromatic amines is 1. The molecule has 3 nitrogen and oxygen atoms in total. The van der Waals surface area contributed by atoms with Crippen LogP contribution in [0.25, 0.3) is 10.9 Å². The van der Waals surface area contributed by atoms with Gasteiger partial charge in [-0.15, -0.1) is 0 Å². The molecule has 1 saturated heterocycles. The fraction of sp³-hybridized carbons (Fsp3) is 0.467. The van der Waals surface area contributed by atoms with E-state index in [4.69, 9.17) is 4.74 Å². The van der Waals surface area contributed by atoms with Crippen LogP contribution in [0.15, 0.2) is 12.1 Å². The molecule has 1 aliphatic rings. The van der Waals surface area contributed by atoms with Gasteiger partial charge in [0.2, 0.25) is 0 Å². The van der Waals surface area contributed by atoms with Crippen molar-refractivity contribution in [3.63, 3.8) is 0 Å². The summed E-state index contributed by atoms with van der Waals surface area (Å²) in [4.78, 5) is 3.01. The average Bonchev–Trinajstić information content (AvgIpc) is 3.00. The van der Waals surface area contributed by atoms with E-state index >= 15 is 0 Å². The molecule has 1 unspecified atom stereocenters. The van der Waals surface area contributed by atoms with Crippen LogP contribution < -0.4 is 5.32 Å². The van der Waals surface area contributed by atoms with Gasteiger partial charge >= 0.3 is 0 Å². The second kappa shape index (κ2) is 5.50. The highest BCUT2D eigenvalue weighted by Crippen LogP contribution is 2.25. The van der Waals surface area contributed by atoms with Gasteiger partial charge in [-0.1, -0.05) is 0 Å². The minimum Gasteiger partial charge on any atom is -0.380 e. The molecule has 0 saturated carbocycles. The first-order chi connectivity index (χ1) is 9.65. The highest BCUT2D eigenvalue weighted by atomic mass is 19.1. The Morgan fingerprint density at radius 2 is 2.25 bits per heavy atom. The van der Waals surface area contributed by atoms with E-state index in [2.05, 4.69) is 10.3 Å². The monoisotopic (exact) mass is 280 g/mol. The van der Waals surface area contributed by atoms with E-state index in [0.717, 1.165) is 49.9 Å². The van der Waals surface area contributed by atoms with Gasteiger partial charge in [-0.25, -0.2) is 8.78 Å². The molecule has 0 bridgehead atoms. The molecule has 108 valence electrons. The number of H-pyrrole nitrogens is 1. The highest BCUT2D eigenvalue weighted by Gasteiger charge is 2.16. The first kappa shape index (κ1) is 13.5. The van der Waals surface area contributed by atoms with E-state index in [-0.39, 0.29) is 0 Å². The smallest absolute Gasteiger partial charge is 0.150 e. The first-order valence-corrected chi connectivity index (χ1v) is 6.92. The van der Waals surface area contributed by atoms with Crippen LogP contribution in [0, 0.1) is 18.6 Å². The Labute approximate surface area is 116 Å². The number of aromatic nitrogens is 1. The highest BCUT2D eigenvalue weighted by molar-refractivity contribution is 5.85. The Balaban J connectivity index is 1.78. The largest absolute Gasteiger partial charge is 0.380 e. The first-order valence-electron chi connectivity index (χ1n) is 6.92. The van der Waals surface area contributed by atoms with Crippen molar-refractivity contribution in [1.29, 1.82) is 0 Å². The summed E-state index contributed by atoms with van der Waals surface area (Å²) in [6, 6.07) is 2.71. The number of nitrogens with one attached hydrogen (secondary N) is 2. The number of hydrogen-bond acceptors (Lipinski definition) is 2. The van der Waals surface area contributed by atoms with Gasteiger partial charge in [0, 0.05) is 29.8 Å². The molecule has 5 heteroatoms. The Morgan fingerprint density at radius 1 is 1.40 bits per heavy atom. The van der Waals surface area contributed by atoms with Crippen molar-refractivity contribution in [3.05, 3.63) is 35.0 Å². The van der Waals surface area contributed by atoms with Crippen molar-refractivity contribution < 1.29 is 13.5 Å². The minimum atomic E-state index is -0.536. The number of fused-ring (bicyclic) bond motifs is 1. The van der Waals surface area contributed by atoms with Crippen LogP contribution in [-0.2, 0) is 11.2 Å². The molecule has 1 aromatic carbocycles. The van der Waals surface area contributed by atoms with Crippen molar-refractivity contribution in [1.82, 2.24) is 10.3 Å². The second-order valence-electron chi connectivity index (χ2n) is 5.30. The van der Waals surface area contributed by atoms with Crippen molar-refractivity contribution in [3.8, 4) is 0 Å². The summed E-state index contributed by atoms with van der Waals surface area (Å²) in [5.74, 6) is -1.07. The van der Waals surface area contributed by atoms with Crippen LogP contribution in [0.2, 0.25) is 0 Å². The van der Waals surface area contributed by atoms with E-state index in [9.17, 15) is 8.78 Å². The van der Waals surface area contributed by atoms with Crippen molar-refractivity contribution in [2.24, 2.45) is 0 Å². The van der Waals surface area contributed by atoms with E-state index in [0.29, 0.717) is 16.9 Å². The fourth-order valence-corrected chi connectivity index (χ4v) is 2.82. The average molecular weight is 280 g/mol. The summed E-state index contributed by atoms with van der Waals surface area (Å²) >= 11 is 0. The zero-order chi connectivity index (χ0) is 14.1. The number of ether oxygens (including phenoxy) is 1. The predicted molar refractivity (Wildman–Crippen MR) is 73.9 cm³/mol. The number of rotatable bonds is 4. The maximum atomic E-state index is 13.7. The van der Waals surface area contributed by atoms with Crippen molar-refractivity contribution >= 4 is 10.9 Å². The number of aryl methyl sites for hydroxylation is 1. The van der Waals surface area contributed by atoms with Crippen molar-refractivity contribution in [2.75, 3.05) is 19.8 Å². The van der Waals surface area contributed by atoms with Gasteiger partial charge in [0.15, 0.2) is 0 Å². The molecule has 1 atom stereocenters. The fourth-order valence-electron chi connectivity index (χ4n) is 2.82. The lowest BCUT2D eigenvalue weighted by molar-refractivity contribution is 0.190. The molecule has 2 aromatic rings. The molecule has 0 aliphatic carbocycles. The normalized spacial score (nSPS) is 19.1. The number of benzene rings is 1. The molecular weight excluding hydrogens is 262 g/mol. The van der Waals surface area contributed by atoms with Gasteiger partial charge in [0.25, 0.3) is 0 Å². The van der Waals surface area contributed by atoms with Gasteiger partial charge in [0.05, 0.1) is 12.1 Å². The molecule has 2 heterocycles. The number of hydrogen-bond donors (Lipinski definition) is 2. The molecule has 0 amide bonds. The lowest BCUT2D eigenvalue weighted by Gasteiger charge is -2.10. The Bertz CT molecular complexity index is 618. The maximum Gasteiger partial charge on any atom is 0.150 e. The number of halogens is 2. The van der Waals surface area contributed by atoms with Gasteiger partial charge in [0.1, 0.15) is 11.6 Å². The van der Waals surface area contributed by atoms with Gasteiger partial charge in [-0.05, 0) is 37.9 Å². The third kappa shape index (κ3) is 2.55.